The van der Waals surface area contributed by atoms with E-state index in [2.05, 4.69) is 36.3 Å². The Labute approximate surface area is 195 Å². The second-order valence-corrected chi connectivity index (χ2v) is 7.68. The highest BCUT2D eigenvalue weighted by Crippen LogP contribution is 2.22. The Kier molecular flexibility index (Phi) is 8.74. The summed E-state index contributed by atoms with van der Waals surface area (Å²) in [4.78, 5) is 13.6. The molecule has 1 N–H and O–H groups in total. The highest BCUT2D eigenvalue weighted by atomic mass is 127. The summed E-state index contributed by atoms with van der Waals surface area (Å²) in [5, 5.41) is 7.45. The summed E-state index contributed by atoms with van der Waals surface area (Å²) in [7, 11) is 1.83. The molecule has 2 aromatic heterocycles. The monoisotopic (exact) mass is 526 g/mol. The molecule has 0 spiro atoms. The van der Waals surface area contributed by atoms with Gasteiger partial charge in [0.1, 0.15) is 12.4 Å². The van der Waals surface area contributed by atoms with Gasteiger partial charge in [0.05, 0.1) is 5.69 Å². The third-order valence-corrected chi connectivity index (χ3v) is 5.60. The van der Waals surface area contributed by atoms with E-state index in [1.54, 1.807) is 6.26 Å². The van der Waals surface area contributed by atoms with E-state index >= 15 is 0 Å². The smallest absolute Gasteiger partial charge is 0.213 e. The van der Waals surface area contributed by atoms with Gasteiger partial charge in [0.25, 0.3) is 0 Å². The molecule has 9 heteroatoms. The van der Waals surface area contributed by atoms with Gasteiger partial charge >= 0.3 is 0 Å². The average molecular weight is 526 g/mol. The minimum absolute atomic E-state index is 0. The number of guanidine groups is 1. The minimum atomic E-state index is 0. The molecule has 3 heterocycles. The molecule has 1 aliphatic carbocycles. The number of halogens is 1. The first kappa shape index (κ1) is 22.8. The fourth-order valence-electron chi connectivity index (χ4n) is 3.94. The van der Waals surface area contributed by atoms with E-state index < -0.39 is 0 Å². The number of nitrogens with one attached hydrogen (secondary N) is 1. The van der Waals surface area contributed by atoms with Gasteiger partial charge in [-0.05, 0) is 31.2 Å². The number of pyridine rings is 1. The Balaban J connectivity index is 0.00000256. The van der Waals surface area contributed by atoms with E-state index in [4.69, 9.17) is 9.26 Å². The summed E-state index contributed by atoms with van der Waals surface area (Å²) in [6.45, 7) is 5.35. The maximum atomic E-state index is 5.94. The van der Waals surface area contributed by atoms with Crippen LogP contribution in [-0.4, -0.2) is 65.2 Å². The summed E-state index contributed by atoms with van der Waals surface area (Å²) >= 11 is 0. The van der Waals surface area contributed by atoms with Crippen molar-refractivity contribution in [2.45, 2.75) is 44.9 Å². The molecular weight excluding hydrogens is 495 g/mol. The number of aliphatic imine (C=N–C) groups is 1. The molecule has 164 valence electrons. The molecular formula is C21H31IN6O2. The van der Waals surface area contributed by atoms with Crippen LogP contribution in [0, 0.1) is 0 Å². The standard InChI is InChI=1S/C21H30N6O2.HI/c1-22-21(27-11-9-26(10-12-27)16-18-8-13-28-25-18)24-15-17-6-7-20(23-14-17)29-19-4-2-3-5-19;/h6-8,13-14,19H,2-5,9-12,15-16H2,1H3,(H,22,24);1H. The third-order valence-electron chi connectivity index (χ3n) is 5.60. The second kappa shape index (κ2) is 11.5. The molecule has 0 amide bonds. The molecule has 4 rings (SSSR count). The Bertz CT molecular complexity index is 769. The SMILES string of the molecule is CN=C(NCc1ccc(OC2CCCC2)nc1)N1CCN(Cc2ccon2)CC1.I. The number of rotatable bonds is 6. The zero-order valence-electron chi connectivity index (χ0n) is 17.5. The predicted molar refractivity (Wildman–Crippen MR) is 126 cm³/mol. The summed E-state index contributed by atoms with van der Waals surface area (Å²) in [6, 6.07) is 5.97. The first-order valence-corrected chi connectivity index (χ1v) is 10.5. The van der Waals surface area contributed by atoms with Crippen molar-refractivity contribution < 1.29 is 9.26 Å². The van der Waals surface area contributed by atoms with Gasteiger partial charge < -0.3 is 19.5 Å². The van der Waals surface area contributed by atoms with E-state index in [-0.39, 0.29) is 24.0 Å². The molecule has 1 saturated carbocycles. The van der Waals surface area contributed by atoms with Crippen LogP contribution < -0.4 is 10.1 Å². The molecule has 1 aliphatic heterocycles. The largest absolute Gasteiger partial charge is 0.474 e. The lowest BCUT2D eigenvalue weighted by atomic mass is 10.2. The van der Waals surface area contributed by atoms with E-state index in [0.29, 0.717) is 12.6 Å². The minimum Gasteiger partial charge on any atom is -0.474 e. The van der Waals surface area contributed by atoms with Crippen molar-refractivity contribution in [2.24, 2.45) is 4.99 Å². The highest BCUT2D eigenvalue weighted by Gasteiger charge is 2.20. The molecule has 0 atom stereocenters. The maximum absolute atomic E-state index is 5.94. The number of ether oxygens (including phenoxy) is 1. The number of hydrogen-bond donors (Lipinski definition) is 1. The number of aromatic nitrogens is 2. The average Bonchev–Trinajstić information content (AvgIpc) is 3.45. The maximum Gasteiger partial charge on any atom is 0.213 e. The van der Waals surface area contributed by atoms with Crippen molar-refractivity contribution in [3.05, 3.63) is 41.9 Å². The second-order valence-electron chi connectivity index (χ2n) is 7.68. The van der Waals surface area contributed by atoms with Crippen LogP contribution in [0.2, 0.25) is 0 Å². The molecule has 0 radical (unpaired) electrons. The lowest BCUT2D eigenvalue weighted by Gasteiger charge is -2.36. The van der Waals surface area contributed by atoms with Crippen LogP contribution in [0.15, 0.2) is 40.2 Å². The predicted octanol–water partition coefficient (Wildman–Crippen LogP) is 2.90. The Morgan fingerprint density at radius 2 is 2.00 bits per heavy atom. The zero-order chi connectivity index (χ0) is 19.9. The summed E-state index contributed by atoms with van der Waals surface area (Å²) in [6.07, 6.45) is 8.68. The highest BCUT2D eigenvalue weighted by molar-refractivity contribution is 14.0. The van der Waals surface area contributed by atoms with Crippen LogP contribution in [0.1, 0.15) is 36.9 Å². The topological polar surface area (TPSA) is 79.0 Å². The molecule has 0 bridgehead atoms. The van der Waals surface area contributed by atoms with Crippen LogP contribution >= 0.6 is 24.0 Å². The van der Waals surface area contributed by atoms with E-state index in [9.17, 15) is 0 Å². The normalized spacial score (nSPS) is 18.3. The molecule has 2 aromatic rings. The molecule has 0 aromatic carbocycles. The van der Waals surface area contributed by atoms with E-state index in [0.717, 1.165) is 68.7 Å². The van der Waals surface area contributed by atoms with Crippen molar-refractivity contribution in [3.63, 3.8) is 0 Å². The van der Waals surface area contributed by atoms with Gasteiger partial charge in [0.2, 0.25) is 5.88 Å². The number of piperazine rings is 1. The Morgan fingerprint density at radius 3 is 2.63 bits per heavy atom. The van der Waals surface area contributed by atoms with Crippen LogP contribution in [0.5, 0.6) is 5.88 Å². The molecule has 2 fully saturated rings. The Morgan fingerprint density at radius 1 is 1.20 bits per heavy atom. The summed E-state index contributed by atoms with van der Waals surface area (Å²) < 4.78 is 10.9. The van der Waals surface area contributed by atoms with E-state index in [1.165, 1.54) is 12.8 Å². The molecule has 0 unspecified atom stereocenters. The van der Waals surface area contributed by atoms with Crippen LogP contribution in [-0.2, 0) is 13.1 Å². The Hall–Kier alpha value is -1.88. The number of hydrogen-bond acceptors (Lipinski definition) is 6. The summed E-state index contributed by atoms with van der Waals surface area (Å²) in [5.74, 6) is 1.66. The lowest BCUT2D eigenvalue weighted by Crippen LogP contribution is -2.52. The van der Waals surface area contributed by atoms with Crippen molar-refractivity contribution in [3.8, 4) is 5.88 Å². The van der Waals surface area contributed by atoms with Crippen molar-refractivity contribution in [1.29, 1.82) is 0 Å². The molecule has 2 aliphatic rings. The molecule has 1 saturated heterocycles. The molecule has 8 nitrogen and oxygen atoms in total. The third kappa shape index (κ3) is 6.31. The van der Waals surface area contributed by atoms with E-state index in [1.807, 2.05) is 25.4 Å². The van der Waals surface area contributed by atoms with Crippen molar-refractivity contribution >= 4 is 29.9 Å². The molecule has 30 heavy (non-hydrogen) atoms. The number of nitrogens with zero attached hydrogens (tertiary/aromatic N) is 5. The lowest BCUT2D eigenvalue weighted by molar-refractivity contribution is 0.169. The zero-order valence-corrected chi connectivity index (χ0v) is 19.8. The van der Waals surface area contributed by atoms with Gasteiger partial charge in [-0.1, -0.05) is 11.2 Å². The fourth-order valence-corrected chi connectivity index (χ4v) is 3.94. The quantitative estimate of drug-likeness (QED) is 0.353. The first-order valence-electron chi connectivity index (χ1n) is 10.5. The van der Waals surface area contributed by atoms with Crippen LogP contribution in [0.4, 0.5) is 0 Å². The van der Waals surface area contributed by atoms with Crippen LogP contribution in [0.25, 0.3) is 0 Å². The van der Waals surface area contributed by atoms with Gasteiger partial charge in [-0.3, -0.25) is 9.89 Å². The van der Waals surface area contributed by atoms with Gasteiger partial charge in [-0.25, -0.2) is 4.98 Å². The van der Waals surface area contributed by atoms with Gasteiger partial charge in [-0.15, -0.1) is 24.0 Å². The van der Waals surface area contributed by atoms with Crippen molar-refractivity contribution in [2.75, 3.05) is 33.2 Å². The fraction of sp³-hybridized carbons (Fsp3) is 0.571. The van der Waals surface area contributed by atoms with Gasteiger partial charge in [-0.2, -0.15) is 0 Å². The first-order chi connectivity index (χ1) is 14.3. The summed E-state index contributed by atoms with van der Waals surface area (Å²) in [5.41, 5.74) is 2.10. The van der Waals surface area contributed by atoms with Gasteiger partial charge in [0.15, 0.2) is 5.96 Å². The van der Waals surface area contributed by atoms with Crippen molar-refractivity contribution in [1.82, 2.24) is 25.3 Å². The van der Waals surface area contributed by atoms with Gasteiger partial charge in [0, 0.05) is 64.6 Å². The van der Waals surface area contributed by atoms with Crippen LogP contribution in [0.3, 0.4) is 0 Å².